The quantitative estimate of drug-likeness (QED) is 0.400. The van der Waals surface area contributed by atoms with Gasteiger partial charge in [-0.2, -0.15) is 0 Å². The van der Waals surface area contributed by atoms with E-state index < -0.39 is 0 Å². The number of rotatable bonds is 8. The van der Waals surface area contributed by atoms with Gasteiger partial charge in [-0.05, 0) is 86.5 Å². The van der Waals surface area contributed by atoms with Gasteiger partial charge in [-0.25, -0.2) is 0 Å². The molecule has 2 aliphatic heterocycles. The number of amides is 1. The molecule has 0 spiro atoms. The Balaban J connectivity index is 1.23. The fourth-order valence-corrected chi connectivity index (χ4v) is 4.58. The van der Waals surface area contributed by atoms with Gasteiger partial charge < -0.3 is 14.5 Å². The first kappa shape index (κ1) is 22.6. The zero-order valence-electron chi connectivity index (χ0n) is 19.2. The summed E-state index contributed by atoms with van der Waals surface area (Å²) >= 11 is 0. The molecule has 0 aliphatic carbocycles. The van der Waals surface area contributed by atoms with E-state index in [4.69, 9.17) is 4.74 Å². The molecule has 2 aromatic rings. The molecule has 2 fully saturated rings. The molecule has 0 N–H and O–H groups in total. The topological polar surface area (TPSA) is 32.8 Å². The summed E-state index contributed by atoms with van der Waals surface area (Å²) in [6.07, 6.45) is 12.3. The fourth-order valence-electron chi connectivity index (χ4n) is 4.58. The van der Waals surface area contributed by atoms with Gasteiger partial charge in [0.2, 0.25) is 5.91 Å². The molecule has 0 atom stereocenters. The summed E-state index contributed by atoms with van der Waals surface area (Å²) in [7, 11) is 0. The second kappa shape index (κ2) is 11.9. The highest BCUT2D eigenvalue weighted by molar-refractivity contribution is 5.91. The number of nitrogens with zero attached hydrogens (tertiary/aromatic N) is 2. The molecule has 0 unspecified atom stereocenters. The summed E-state index contributed by atoms with van der Waals surface area (Å²) in [4.78, 5) is 16.8. The largest absolute Gasteiger partial charge is 0.494 e. The molecule has 2 aromatic carbocycles. The van der Waals surface area contributed by atoms with Crippen molar-refractivity contribution < 1.29 is 9.53 Å². The van der Waals surface area contributed by atoms with Crippen LogP contribution in [0.5, 0.6) is 5.75 Å². The second-order valence-electron chi connectivity index (χ2n) is 8.97. The molecule has 0 aromatic heterocycles. The average molecular weight is 433 g/mol. The van der Waals surface area contributed by atoms with Crippen molar-refractivity contribution in [3.63, 3.8) is 0 Å². The molecule has 2 saturated heterocycles. The second-order valence-corrected chi connectivity index (χ2v) is 8.97. The highest BCUT2D eigenvalue weighted by Gasteiger charge is 2.13. The van der Waals surface area contributed by atoms with Crippen LogP contribution < -0.4 is 4.74 Å². The van der Waals surface area contributed by atoms with Crippen molar-refractivity contribution in [3.8, 4) is 16.9 Å². The van der Waals surface area contributed by atoms with Gasteiger partial charge in [0.15, 0.2) is 0 Å². The molecule has 0 bridgehead atoms. The average Bonchev–Trinajstić information content (AvgIpc) is 2.87. The normalized spacial score (nSPS) is 17.6. The maximum absolute atomic E-state index is 12.3. The lowest BCUT2D eigenvalue weighted by Crippen LogP contribution is -2.34. The van der Waals surface area contributed by atoms with Crippen molar-refractivity contribution in [2.24, 2.45) is 0 Å². The molecule has 170 valence electrons. The van der Waals surface area contributed by atoms with Gasteiger partial charge in [0.05, 0.1) is 6.61 Å². The minimum Gasteiger partial charge on any atom is -0.494 e. The van der Waals surface area contributed by atoms with Crippen LogP contribution in [-0.4, -0.2) is 55.0 Å². The van der Waals surface area contributed by atoms with E-state index in [0.29, 0.717) is 0 Å². The summed E-state index contributed by atoms with van der Waals surface area (Å²) in [5, 5.41) is 0. The molecule has 2 heterocycles. The third-order valence-electron chi connectivity index (χ3n) is 6.52. The number of benzene rings is 2. The maximum Gasteiger partial charge on any atom is 0.246 e. The molecule has 1 amide bonds. The monoisotopic (exact) mass is 432 g/mol. The Bertz CT molecular complexity index is 861. The van der Waals surface area contributed by atoms with Crippen molar-refractivity contribution in [2.45, 2.75) is 44.9 Å². The lowest BCUT2D eigenvalue weighted by molar-refractivity contribution is -0.126. The van der Waals surface area contributed by atoms with Crippen LogP contribution in [0.15, 0.2) is 54.6 Å². The summed E-state index contributed by atoms with van der Waals surface area (Å²) in [5.41, 5.74) is 3.39. The molecular weight excluding hydrogens is 396 g/mol. The zero-order chi connectivity index (χ0) is 22.0. The molecule has 0 radical (unpaired) electrons. The molecule has 4 rings (SSSR count). The van der Waals surface area contributed by atoms with Crippen LogP contribution in [0.25, 0.3) is 17.2 Å². The number of carbonyl (C=O) groups is 1. The number of ether oxygens (including phenoxy) is 1. The van der Waals surface area contributed by atoms with E-state index in [0.717, 1.165) is 56.8 Å². The van der Waals surface area contributed by atoms with Crippen LogP contribution >= 0.6 is 0 Å². The Morgan fingerprint density at radius 3 is 2.03 bits per heavy atom. The first-order chi connectivity index (χ1) is 15.8. The number of likely N-dealkylation sites (tertiary alicyclic amines) is 2. The Hall–Kier alpha value is -2.59. The van der Waals surface area contributed by atoms with Gasteiger partial charge >= 0.3 is 0 Å². The number of hydrogen-bond donors (Lipinski definition) is 0. The zero-order valence-corrected chi connectivity index (χ0v) is 19.2. The Kier molecular flexibility index (Phi) is 8.38. The van der Waals surface area contributed by atoms with E-state index in [1.165, 1.54) is 49.9 Å². The molecular formula is C28H36N2O2. The lowest BCUT2D eigenvalue weighted by atomic mass is 10.0. The molecule has 0 saturated carbocycles. The van der Waals surface area contributed by atoms with Gasteiger partial charge in [-0.1, -0.05) is 42.8 Å². The third kappa shape index (κ3) is 6.70. The van der Waals surface area contributed by atoms with E-state index in [2.05, 4.69) is 53.4 Å². The Morgan fingerprint density at radius 2 is 1.38 bits per heavy atom. The molecule has 4 nitrogen and oxygen atoms in total. The van der Waals surface area contributed by atoms with E-state index >= 15 is 0 Å². The van der Waals surface area contributed by atoms with Gasteiger partial charge in [-0.15, -0.1) is 0 Å². The van der Waals surface area contributed by atoms with Gasteiger partial charge in [-0.3, -0.25) is 4.79 Å². The molecule has 2 aliphatic rings. The van der Waals surface area contributed by atoms with E-state index in [9.17, 15) is 4.79 Å². The van der Waals surface area contributed by atoms with Crippen molar-refractivity contribution in [1.29, 1.82) is 0 Å². The van der Waals surface area contributed by atoms with Crippen LogP contribution in [0.2, 0.25) is 0 Å². The van der Waals surface area contributed by atoms with Gasteiger partial charge in [0, 0.05) is 25.7 Å². The molecule has 32 heavy (non-hydrogen) atoms. The van der Waals surface area contributed by atoms with Crippen LogP contribution in [0.1, 0.15) is 50.5 Å². The van der Waals surface area contributed by atoms with E-state index in [1.54, 1.807) is 6.08 Å². The minimum atomic E-state index is 0.125. The van der Waals surface area contributed by atoms with Gasteiger partial charge in [0.25, 0.3) is 0 Å². The summed E-state index contributed by atoms with van der Waals surface area (Å²) in [6.45, 7) is 6.19. The summed E-state index contributed by atoms with van der Waals surface area (Å²) in [6, 6.07) is 16.7. The van der Waals surface area contributed by atoms with Crippen molar-refractivity contribution in [2.75, 3.05) is 39.3 Å². The summed E-state index contributed by atoms with van der Waals surface area (Å²) < 4.78 is 5.94. The maximum atomic E-state index is 12.3. The number of carbonyl (C=O) groups excluding carboxylic acids is 1. The van der Waals surface area contributed by atoms with Crippen molar-refractivity contribution >= 4 is 12.0 Å². The predicted octanol–water partition coefficient (Wildman–Crippen LogP) is 5.63. The Labute approximate surface area is 192 Å². The first-order valence-electron chi connectivity index (χ1n) is 12.3. The standard InChI is InChI=1S/C28H36N2O2/c31-28(30-21-5-2-6-22-30)17-10-24-8-11-25(12-9-24)26-13-15-27(16-14-26)32-23-7-20-29-18-3-1-4-19-29/h8-17H,1-7,18-23H2. The number of hydrogen-bond acceptors (Lipinski definition) is 3. The van der Waals surface area contributed by atoms with Crippen LogP contribution in [-0.2, 0) is 4.79 Å². The predicted molar refractivity (Wildman–Crippen MR) is 132 cm³/mol. The van der Waals surface area contributed by atoms with Crippen molar-refractivity contribution in [3.05, 3.63) is 60.2 Å². The highest BCUT2D eigenvalue weighted by Crippen LogP contribution is 2.23. The van der Waals surface area contributed by atoms with Crippen LogP contribution in [0, 0.1) is 0 Å². The Morgan fingerprint density at radius 1 is 0.781 bits per heavy atom. The number of piperidine rings is 2. The third-order valence-corrected chi connectivity index (χ3v) is 6.52. The van der Waals surface area contributed by atoms with E-state index in [1.807, 2.05) is 11.0 Å². The first-order valence-corrected chi connectivity index (χ1v) is 12.3. The lowest BCUT2D eigenvalue weighted by Gasteiger charge is -2.26. The van der Waals surface area contributed by atoms with Gasteiger partial charge in [0.1, 0.15) is 5.75 Å². The molecule has 4 heteroatoms. The van der Waals surface area contributed by atoms with Crippen LogP contribution in [0.3, 0.4) is 0 Å². The fraction of sp³-hybridized carbons (Fsp3) is 0.464. The van der Waals surface area contributed by atoms with E-state index in [-0.39, 0.29) is 5.91 Å². The smallest absolute Gasteiger partial charge is 0.246 e. The van der Waals surface area contributed by atoms with Crippen molar-refractivity contribution in [1.82, 2.24) is 9.80 Å². The SMILES string of the molecule is O=C(C=Cc1ccc(-c2ccc(OCCCN3CCCCC3)cc2)cc1)N1CCCCC1. The highest BCUT2D eigenvalue weighted by atomic mass is 16.5. The minimum absolute atomic E-state index is 0.125. The summed E-state index contributed by atoms with van der Waals surface area (Å²) in [5.74, 6) is 1.06. The van der Waals surface area contributed by atoms with Crippen LogP contribution in [0.4, 0.5) is 0 Å².